The van der Waals surface area contributed by atoms with E-state index >= 15 is 0 Å². The molecule has 0 bridgehead atoms. The number of nitriles is 1. The van der Waals surface area contributed by atoms with E-state index in [2.05, 4.69) is 24.4 Å². The van der Waals surface area contributed by atoms with Crippen LogP contribution in [0, 0.1) is 17.2 Å². The van der Waals surface area contributed by atoms with Crippen molar-refractivity contribution in [3.8, 4) is 6.07 Å². The number of rotatable bonds is 8. The fraction of sp³-hybridized carbons (Fsp3) is 0.562. The third kappa shape index (κ3) is 5.02. The highest BCUT2D eigenvalue weighted by atomic mass is 16.5. The third-order valence-corrected chi connectivity index (χ3v) is 3.48. The van der Waals surface area contributed by atoms with E-state index < -0.39 is 0 Å². The molecule has 19 heavy (non-hydrogen) atoms. The van der Waals surface area contributed by atoms with Crippen molar-refractivity contribution in [1.82, 2.24) is 5.32 Å². The predicted octanol–water partition coefficient (Wildman–Crippen LogP) is 3.03. The van der Waals surface area contributed by atoms with Crippen molar-refractivity contribution < 1.29 is 4.74 Å². The number of nitrogens with zero attached hydrogens (tertiary/aromatic N) is 1. The molecule has 1 aromatic carbocycles. The van der Waals surface area contributed by atoms with Crippen LogP contribution in [-0.2, 0) is 4.74 Å². The summed E-state index contributed by atoms with van der Waals surface area (Å²) in [5.74, 6) is 0.848. The Morgan fingerprint density at radius 1 is 1.47 bits per heavy atom. The maximum atomic E-state index is 8.88. The molecule has 1 unspecified atom stereocenters. The van der Waals surface area contributed by atoms with Crippen LogP contribution >= 0.6 is 0 Å². The normalized spacial score (nSPS) is 16.0. The van der Waals surface area contributed by atoms with Crippen molar-refractivity contribution in [3.63, 3.8) is 0 Å². The smallest absolute Gasteiger partial charge is 0.0991 e. The fourth-order valence-corrected chi connectivity index (χ4v) is 2.02. The van der Waals surface area contributed by atoms with E-state index in [1.54, 1.807) is 0 Å². The van der Waals surface area contributed by atoms with Crippen LogP contribution in [0.2, 0.25) is 0 Å². The first-order valence-electron chi connectivity index (χ1n) is 7.11. The zero-order chi connectivity index (χ0) is 13.5. The first kappa shape index (κ1) is 14.0. The number of hydrogen-bond donors (Lipinski definition) is 1. The van der Waals surface area contributed by atoms with Gasteiger partial charge in [0.1, 0.15) is 0 Å². The standard InChI is InChI=1S/C16H22N2O/c1-13(16-5-2-4-15(10-16)11-17)18-8-3-9-19-12-14-6-7-14/h2,4-5,10,13-14,18H,3,6-9,12H2,1H3. The van der Waals surface area contributed by atoms with Crippen molar-refractivity contribution >= 4 is 0 Å². The van der Waals surface area contributed by atoms with Crippen LogP contribution in [0.25, 0.3) is 0 Å². The van der Waals surface area contributed by atoms with E-state index in [0.29, 0.717) is 0 Å². The molecule has 0 spiro atoms. The molecule has 0 saturated heterocycles. The summed E-state index contributed by atoms with van der Waals surface area (Å²) < 4.78 is 5.60. The molecule has 3 heteroatoms. The third-order valence-electron chi connectivity index (χ3n) is 3.48. The lowest BCUT2D eigenvalue weighted by molar-refractivity contribution is 0.121. The van der Waals surface area contributed by atoms with Gasteiger partial charge in [-0.1, -0.05) is 12.1 Å². The van der Waals surface area contributed by atoms with E-state index in [-0.39, 0.29) is 6.04 Å². The SMILES string of the molecule is CC(NCCCOCC1CC1)c1cccc(C#N)c1. The van der Waals surface area contributed by atoms with Crippen LogP contribution in [0.3, 0.4) is 0 Å². The van der Waals surface area contributed by atoms with Gasteiger partial charge in [-0.25, -0.2) is 0 Å². The summed E-state index contributed by atoms with van der Waals surface area (Å²) in [6.45, 7) is 4.86. The molecule has 1 saturated carbocycles. The van der Waals surface area contributed by atoms with E-state index in [4.69, 9.17) is 10.00 Å². The van der Waals surface area contributed by atoms with Crippen molar-refractivity contribution in [2.24, 2.45) is 5.92 Å². The van der Waals surface area contributed by atoms with Gasteiger partial charge in [-0.15, -0.1) is 0 Å². The first-order valence-corrected chi connectivity index (χ1v) is 7.11. The molecule has 2 rings (SSSR count). The molecule has 0 heterocycles. The first-order chi connectivity index (χ1) is 9.29. The molecule has 0 aromatic heterocycles. The van der Waals surface area contributed by atoms with Gasteiger partial charge in [-0.2, -0.15) is 5.26 Å². The summed E-state index contributed by atoms with van der Waals surface area (Å²) in [5.41, 5.74) is 1.89. The van der Waals surface area contributed by atoms with Crippen LogP contribution in [0.4, 0.5) is 0 Å². The summed E-state index contributed by atoms with van der Waals surface area (Å²) in [5, 5.41) is 12.3. The molecular formula is C16H22N2O. The van der Waals surface area contributed by atoms with E-state index in [1.807, 2.05) is 18.2 Å². The predicted molar refractivity (Wildman–Crippen MR) is 75.7 cm³/mol. The fourth-order valence-electron chi connectivity index (χ4n) is 2.02. The summed E-state index contributed by atoms with van der Waals surface area (Å²) >= 11 is 0. The second kappa shape index (κ2) is 7.28. The Bertz CT molecular complexity index is 435. The van der Waals surface area contributed by atoms with Crippen LogP contribution in [0.1, 0.15) is 43.4 Å². The summed E-state index contributed by atoms with van der Waals surface area (Å²) in [6, 6.07) is 10.2. The topological polar surface area (TPSA) is 45.0 Å². The van der Waals surface area contributed by atoms with Gasteiger partial charge in [0, 0.05) is 19.3 Å². The summed E-state index contributed by atoms with van der Waals surface area (Å²) in [6.07, 6.45) is 3.74. The van der Waals surface area contributed by atoms with Crippen LogP contribution in [0.15, 0.2) is 24.3 Å². The van der Waals surface area contributed by atoms with Gasteiger partial charge in [-0.3, -0.25) is 0 Å². The molecule has 1 fully saturated rings. The highest BCUT2D eigenvalue weighted by Crippen LogP contribution is 2.28. The Balaban J connectivity index is 1.62. The number of ether oxygens (including phenoxy) is 1. The molecule has 1 N–H and O–H groups in total. The quantitative estimate of drug-likeness (QED) is 0.729. The maximum absolute atomic E-state index is 8.88. The van der Waals surface area contributed by atoms with E-state index in [9.17, 15) is 0 Å². The molecule has 1 aromatic rings. The average molecular weight is 258 g/mol. The molecule has 0 amide bonds. The van der Waals surface area contributed by atoms with Crippen molar-refractivity contribution in [1.29, 1.82) is 5.26 Å². The second-order valence-corrected chi connectivity index (χ2v) is 5.28. The van der Waals surface area contributed by atoms with Crippen LogP contribution in [0.5, 0.6) is 0 Å². The van der Waals surface area contributed by atoms with Crippen LogP contribution in [-0.4, -0.2) is 19.8 Å². The highest BCUT2D eigenvalue weighted by molar-refractivity contribution is 5.33. The Morgan fingerprint density at radius 2 is 2.32 bits per heavy atom. The summed E-state index contributed by atoms with van der Waals surface area (Å²) in [4.78, 5) is 0. The van der Waals surface area contributed by atoms with Gasteiger partial charge in [0.2, 0.25) is 0 Å². The number of nitrogens with one attached hydrogen (secondary N) is 1. The van der Waals surface area contributed by atoms with Gasteiger partial charge in [0.25, 0.3) is 0 Å². The largest absolute Gasteiger partial charge is 0.381 e. The maximum Gasteiger partial charge on any atom is 0.0991 e. The van der Waals surface area contributed by atoms with Gasteiger partial charge in [-0.05, 0) is 56.3 Å². The molecule has 102 valence electrons. The lowest BCUT2D eigenvalue weighted by Crippen LogP contribution is -2.21. The minimum absolute atomic E-state index is 0.275. The molecule has 1 atom stereocenters. The van der Waals surface area contributed by atoms with Crippen molar-refractivity contribution in [2.75, 3.05) is 19.8 Å². The Labute approximate surface area is 115 Å². The zero-order valence-corrected chi connectivity index (χ0v) is 11.6. The highest BCUT2D eigenvalue weighted by Gasteiger charge is 2.20. The monoisotopic (exact) mass is 258 g/mol. The Hall–Kier alpha value is -1.37. The van der Waals surface area contributed by atoms with Gasteiger partial charge in [0.05, 0.1) is 11.6 Å². The number of hydrogen-bond acceptors (Lipinski definition) is 3. The van der Waals surface area contributed by atoms with E-state index in [0.717, 1.165) is 43.2 Å². The average Bonchev–Trinajstić information content (AvgIpc) is 3.26. The molecule has 3 nitrogen and oxygen atoms in total. The molecule has 1 aliphatic carbocycles. The van der Waals surface area contributed by atoms with Crippen LogP contribution < -0.4 is 5.32 Å². The summed E-state index contributed by atoms with van der Waals surface area (Å²) in [7, 11) is 0. The lowest BCUT2D eigenvalue weighted by Gasteiger charge is -2.14. The molecule has 0 radical (unpaired) electrons. The van der Waals surface area contributed by atoms with Gasteiger partial charge >= 0.3 is 0 Å². The lowest BCUT2D eigenvalue weighted by atomic mass is 10.1. The second-order valence-electron chi connectivity index (χ2n) is 5.28. The van der Waals surface area contributed by atoms with Gasteiger partial charge in [0.15, 0.2) is 0 Å². The minimum Gasteiger partial charge on any atom is -0.381 e. The minimum atomic E-state index is 0.275. The molecular weight excluding hydrogens is 236 g/mol. The van der Waals surface area contributed by atoms with Crippen molar-refractivity contribution in [3.05, 3.63) is 35.4 Å². The van der Waals surface area contributed by atoms with Crippen molar-refractivity contribution in [2.45, 2.75) is 32.2 Å². The molecule has 1 aliphatic rings. The molecule has 0 aliphatic heterocycles. The van der Waals surface area contributed by atoms with E-state index in [1.165, 1.54) is 12.8 Å². The zero-order valence-electron chi connectivity index (χ0n) is 11.6. The Kier molecular flexibility index (Phi) is 5.38. The van der Waals surface area contributed by atoms with Gasteiger partial charge < -0.3 is 10.1 Å². The number of benzene rings is 1. The Morgan fingerprint density at radius 3 is 3.05 bits per heavy atom.